The van der Waals surface area contributed by atoms with Gasteiger partial charge in [0.1, 0.15) is 12.1 Å². The molecule has 0 saturated carbocycles. The molecule has 4 N–H and O–H groups in total. The number of hydrogen-bond acceptors (Lipinski definition) is 8. The SMILES string of the molecule is CCOC(=O)[C@@H]1NC(=O)C[C@@H](c2ccccc2)N[C@H]1c1ccccc1.CCOC(=O)[C@@H]1NC(=O)C[C@@H](c2ccccc2)N[C@H]1c1ccccc1. The van der Waals surface area contributed by atoms with Crippen LogP contribution in [0, 0.1) is 0 Å². The fourth-order valence-corrected chi connectivity index (χ4v) is 6.30. The van der Waals surface area contributed by atoms with E-state index < -0.39 is 24.0 Å². The Balaban J connectivity index is 0.000000194. The molecular weight excluding hydrogens is 632 g/mol. The molecule has 6 rings (SSSR count). The molecule has 10 heteroatoms. The Kier molecular flexibility index (Phi) is 12.9. The quantitative estimate of drug-likeness (QED) is 0.191. The van der Waals surface area contributed by atoms with Gasteiger partial charge in [0.05, 0.1) is 25.3 Å². The summed E-state index contributed by atoms with van der Waals surface area (Å²) in [5, 5.41) is 12.6. The van der Waals surface area contributed by atoms with Gasteiger partial charge in [0, 0.05) is 24.9 Å². The number of carbonyl (C=O) groups excluding carboxylic acids is 4. The van der Waals surface area contributed by atoms with Gasteiger partial charge in [-0.25, -0.2) is 9.59 Å². The zero-order valence-corrected chi connectivity index (χ0v) is 28.3. The predicted octanol–water partition coefficient (Wildman–Crippen LogP) is 5.02. The third-order valence-corrected chi connectivity index (χ3v) is 8.64. The Hall–Kier alpha value is -5.32. The molecule has 10 nitrogen and oxygen atoms in total. The summed E-state index contributed by atoms with van der Waals surface area (Å²) >= 11 is 0. The molecule has 0 radical (unpaired) electrons. The molecule has 2 aliphatic rings. The van der Waals surface area contributed by atoms with Crippen LogP contribution in [0.5, 0.6) is 0 Å². The van der Waals surface area contributed by atoms with Crippen LogP contribution < -0.4 is 21.3 Å². The largest absolute Gasteiger partial charge is 0.464 e. The molecule has 0 aromatic heterocycles. The van der Waals surface area contributed by atoms with Crippen LogP contribution >= 0.6 is 0 Å². The van der Waals surface area contributed by atoms with Gasteiger partial charge in [-0.15, -0.1) is 0 Å². The maximum absolute atomic E-state index is 12.4. The van der Waals surface area contributed by atoms with E-state index in [1.807, 2.05) is 121 Å². The first-order valence-corrected chi connectivity index (χ1v) is 17.0. The molecular formula is C40H44N4O6. The van der Waals surface area contributed by atoms with E-state index in [1.54, 1.807) is 13.8 Å². The Morgan fingerprint density at radius 2 is 0.820 bits per heavy atom. The fourth-order valence-electron chi connectivity index (χ4n) is 6.30. The summed E-state index contributed by atoms with van der Waals surface area (Å²) in [5.74, 6) is -1.19. The Morgan fingerprint density at radius 1 is 0.520 bits per heavy atom. The van der Waals surface area contributed by atoms with E-state index in [-0.39, 0.29) is 62.0 Å². The number of rotatable bonds is 8. The minimum Gasteiger partial charge on any atom is -0.464 e. The van der Waals surface area contributed by atoms with E-state index in [0.717, 1.165) is 22.3 Å². The molecule has 2 heterocycles. The summed E-state index contributed by atoms with van der Waals surface area (Å²) < 4.78 is 10.4. The molecule has 260 valence electrons. The zero-order chi connectivity index (χ0) is 35.3. The third-order valence-electron chi connectivity index (χ3n) is 8.64. The van der Waals surface area contributed by atoms with Crippen molar-refractivity contribution >= 4 is 23.8 Å². The number of benzene rings is 4. The molecule has 4 aromatic rings. The van der Waals surface area contributed by atoms with Crippen molar-refractivity contribution in [3.8, 4) is 0 Å². The Morgan fingerprint density at radius 3 is 1.12 bits per heavy atom. The molecule has 2 fully saturated rings. The summed E-state index contributed by atoms with van der Waals surface area (Å²) in [6.45, 7) is 4.06. The van der Waals surface area contributed by atoms with Crippen LogP contribution in [0.1, 0.15) is 73.1 Å². The lowest BCUT2D eigenvalue weighted by atomic mass is 9.97. The van der Waals surface area contributed by atoms with Crippen molar-refractivity contribution in [2.75, 3.05) is 13.2 Å². The fraction of sp³-hybridized carbons (Fsp3) is 0.300. The second kappa shape index (κ2) is 17.9. The van der Waals surface area contributed by atoms with Gasteiger partial charge < -0.3 is 30.7 Å². The molecule has 0 bridgehead atoms. The predicted molar refractivity (Wildman–Crippen MR) is 189 cm³/mol. The number of amides is 2. The van der Waals surface area contributed by atoms with Gasteiger partial charge in [-0.3, -0.25) is 9.59 Å². The third kappa shape index (κ3) is 9.43. The van der Waals surface area contributed by atoms with Crippen molar-refractivity contribution < 1.29 is 28.7 Å². The molecule has 2 saturated heterocycles. The van der Waals surface area contributed by atoms with E-state index in [4.69, 9.17) is 9.47 Å². The van der Waals surface area contributed by atoms with Crippen molar-refractivity contribution in [2.24, 2.45) is 0 Å². The first-order valence-electron chi connectivity index (χ1n) is 17.0. The number of carbonyl (C=O) groups is 4. The molecule has 6 atom stereocenters. The maximum atomic E-state index is 12.4. The molecule has 0 unspecified atom stereocenters. The minimum atomic E-state index is -0.761. The van der Waals surface area contributed by atoms with Crippen LogP contribution in [0.4, 0.5) is 0 Å². The van der Waals surface area contributed by atoms with Gasteiger partial charge in [0.25, 0.3) is 0 Å². The van der Waals surface area contributed by atoms with Gasteiger partial charge in [0.15, 0.2) is 0 Å². The summed E-state index contributed by atoms with van der Waals surface area (Å²) in [6, 6.07) is 36.3. The minimum absolute atomic E-state index is 0.169. The van der Waals surface area contributed by atoms with Crippen LogP contribution in [0.15, 0.2) is 121 Å². The topological polar surface area (TPSA) is 135 Å². The molecule has 4 aromatic carbocycles. The highest BCUT2D eigenvalue weighted by Gasteiger charge is 2.39. The molecule has 0 spiro atoms. The van der Waals surface area contributed by atoms with E-state index in [9.17, 15) is 19.2 Å². The summed E-state index contributed by atoms with van der Waals surface area (Å²) in [7, 11) is 0. The van der Waals surface area contributed by atoms with E-state index in [1.165, 1.54) is 0 Å². The van der Waals surface area contributed by atoms with E-state index in [2.05, 4.69) is 21.3 Å². The average Bonchev–Trinajstić information content (AvgIpc) is 3.45. The number of hydrogen-bond donors (Lipinski definition) is 4. The zero-order valence-electron chi connectivity index (χ0n) is 28.3. The molecule has 0 aliphatic carbocycles. The number of ether oxygens (including phenoxy) is 2. The van der Waals surface area contributed by atoms with Crippen molar-refractivity contribution in [1.82, 2.24) is 21.3 Å². The standard InChI is InChI=1S/2C20H22N2O3/c2*1-2-25-20(24)19-18(15-11-7-4-8-12-15)21-16(13-17(23)22-19)14-9-5-3-6-10-14/h2*3-12,16,18-19,21H,2,13H2,1H3,(H,22,23)/t2*16-,18-,19+/m00/s1. The van der Waals surface area contributed by atoms with Gasteiger partial charge in [0.2, 0.25) is 11.8 Å². The lowest BCUT2D eigenvalue weighted by Crippen LogP contribution is -2.47. The second-order valence-electron chi connectivity index (χ2n) is 12.0. The van der Waals surface area contributed by atoms with Gasteiger partial charge in [-0.1, -0.05) is 121 Å². The first kappa shape index (κ1) is 36.0. The summed E-state index contributed by atoms with van der Waals surface area (Å²) in [5.41, 5.74) is 3.90. The molecule has 2 aliphatic heterocycles. The highest BCUT2D eigenvalue weighted by atomic mass is 16.5. The summed E-state index contributed by atoms with van der Waals surface area (Å²) in [4.78, 5) is 49.7. The monoisotopic (exact) mass is 676 g/mol. The first-order chi connectivity index (χ1) is 24.4. The Bertz CT molecular complexity index is 1560. The highest BCUT2D eigenvalue weighted by Crippen LogP contribution is 2.30. The Labute approximate surface area is 293 Å². The van der Waals surface area contributed by atoms with Gasteiger partial charge in [-0.2, -0.15) is 0 Å². The maximum Gasteiger partial charge on any atom is 0.330 e. The number of esters is 2. The van der Waals surface area contributed by atoms with Crippen LogP contribution in [0.3, 0.4) is 0 Å². The van der Waals surface area contributed by atoms with Gasteiger partial charge in [-0.05, 0) is 36.1 Å². The van der Waals surface area contributed by atoms with E-state index in [0.29, 0.717) is 0 Å². The van der Waals surface area contributed by atoms with Crippen LogP contribution in [0.25, 0.3) is 0 Å². The lowest BCUT2D eigenvalue weighted by Gasteiger charge is -2.27. The number of nitrogens with one attached hydrogen (secondary N) is 4. The highest BCUT2D eigenvalue weighted by molar-refractivity contribution is 5.87. The molecule has 2 amide bonds. The van der Waals surface area contributed by atoms with Crippen LogP contribution in [-0.2, 0) is 28.7 Å². The van der Waals surface area contributed by atoms with Gasteiger partial charge >= 0.3 is 11.9 Å². The van der Waals surface area contributed by atoms with Crippen LogP contribution in [-0.4, -0.2) is 49.1 Å². The summed E-state index contributed by atoms with van der Waals surface area (Å²) in [6.07, 6.45) is 0.534. The van der Waals surface area contributed by atoms with Crippen molar-refractivity contribution in [3.05, 3.63) is 144 Å². The van der Waals surface area contributed by atoms with Crippen LogP contribution in [0.2, 0.25) is 0 Å². The van der Waals surface area contributed by atoms with Crippen molar-refractivity contribution in [1.29, 1.82) is 0 Å². The van der Waals surface area contributed by atoms with Crippen molar-refractivity contribution in [2.45, 2.75) is 62.9 Å². The van der Waals surface area contributed by atoms with Crippen molar-refractivity contribution in [3.63, 3.8) is 0 Å². The lowest BCUT2D eigenvalue weighted by molar-refractivity contribution is -0.148. The normalized spacial score (nSPS) is 23.4. The second-order valence-corrected chi connectivity index (χ2v) is 12.0. The smallest absolute Gasteiger partial charge is 0.330 e. The van der Waals surface area contributed by atoms with E-state index >= 15 is 0 Å². The molecule has 50 heavy (non-hydrogen) atoms. The average molecular weight is 677 g/mol.